The maximum absolute atomic E-state index is 12.8. The van der Waals surface area contributed by atoms with Crippen LogP contribution in [0.5, 0.6) is 0 Å². The molecule has 0 radical (unpaired) electrons. The highest BCUT2D eigenvalue weighted by Crippen LogP contribution is 2.28. The smallest absolute Gasteiger partial charge is 0.308 e. The third-order valence-electron chi connectivity index (χ3n) is 4.58. The molecule has 0 atom stereocenters. The highest BCUT2D eigenvalue weighted by molar-refractivity contribution is 7.93. The van der Waals surface area contributed by atoms with Gasteiger partial charge in [0.1, 0.15) is 4.88 Å². The number of aryl methyl sites for hydroxylation is 1. The molecule has 0 unspecified atom stereocenters. The summed E-state index contributed by atoms with van der Waals surface area (Å²) in [5.74, 6) is -0.646. The van der Waals surface area contributed by atoms with E-state index in [2.05, 4.69) is 9.71 Å². The van der Waals surface area contributed by atoms with Gasteiger partial charge in [-0.25, -0.2) is 13.4 Å². The monoisotopic (exact) mass is 423 g/mol. The molecule has 2 aromatic rings. The summed E-state index contributed by atoms with van der Waals surface area (Å²) in [4.78, 5) is 30.8. The number of ether oxygens (including phenoxy) is 1. The normalized spacial score (nSPS) is 15.3. The number of anilines is 1. The maximum atomic E-state index is 12.8. The Bertz CT molecular complexity index is 964. The van der Waals surface area contributed by atoms with Gasteiger partial charge in [-0.2, -0.15) is 0 Å². The van der Waals surface area contributed by atoms with Gasteiger partial charge in [-0.15, -0.1) is 0 Å². The van der Waals surface area contributed by atoms with Crippen molar-refractivity contribution >= 4 is 38.4 Å². The lowest BCUT2D eigenvalue weighted by atomic mass is 9.97. The lowest BCUT2D eigenvalue weighted by Gasteiger charge is -2.30. The summed E-state index contributed by atoms with van der Waals surface area (Å²) in [6.07, 6.45) is 1.09. The quantitative estimate of drug-likeness (QED) is 0.740. The van der Waals surface area contributed by atoms with Crippen LogP contribution in [0.25, 0.3) is 0 Å². The van der Waals surface area contributed by atoms with Crippen LogP contribution in [0.15, 0.2) is 35.2 Å². The second-order valence-electron chi connectivity index (χ2n) is 6.44. The second kappa shape index (κ2) is 8.27. The Labute approximate surface area is 167 Å². The molecular weight excluding hydrogens is 402 g/mol. The molecule has 3 rings (SSSR count). The Balaban J connectivity index is 1.71. The van der Waals surface area contributed by atoms with Crippen LogP contribution in [0.2, 0.25) is 0 Å². The third kappa shape index (κ3) is 4.33. The highest BCUT2D eigenvalue weighted by Gasteiger charge is 2.30. The lowest BCUT2D eigenvalue weighted by Crippen LogP contribution is -2.40. The molecule has 28 heavy (non-hydrogen) atoms. The Kier molecular flexibility index (Phi) is 5.99. The van der Waals surface area contributed by atoms with E-state index in [0.717, 1.165) is 11.3 Å². The number of nitrogens with zero attached hydrogens (tertiary/aromatic N) is 2. The molecule has 1 amide bonds. The first-order valence-corrected chi connectivity index (χ1v) is 11.0. The fraction of sp³-hybridized carbons (Fsp3) is 0.389. The molecule has 1 aliphatic rings. The SMILES string of the molecule is COC(=O)C1CCN(C(=O)c2sc(NS(=O)(=O)c3ccccc3)nc2C)CC1. The first kappa shape index (κ1) is 20.3. The third-order valence-corrected chi connectivity index (χ3v) is 7.13. The first-order chi connectivity index (χ1) is 13.3. The van der Waals surface area contributed by atoms with Gasteiger partial charge >= 0.3 is 5.97 Å². The predicted octanol–water partition coefficient (Wildman–Crippen LogP) is 2.28. The molecule has 150 valence electrons. The lowest BCUT2D eigenvalue weighted by molar-refractivity contribution is -0.146. The van der Waals surface area contributed by atoms with E-state index in [-0.39, 0.29) is 27.8 Å². The molecule has 2 heterocycles. The number of methoxy groups -OCH3 is 1. The summed E-state index contributed by atoms with van der Waals surface area (Å²) in [7, 11) is -2.41. The van der Waals surface area contributed by atoms with Crippen molar-refractivity contribution in [1.82, 2.24) is 9.88 Å². The maximum Gasteiger partial charge on any atom is 0.308 e. The van der Waals surface area contributed by atoms with E-state index in [0.29, 0.717) is 36.5 Å². The van der Waals surface area contributed by atoms with Crippen molar-refractivity contribution in [3.63, 3.8) is 0 Å². The fourth-order valence-corrected chi connectivity index (χ4v) is 5.23. The van der Waals surface area contributed by atoms with E-state index in [1.807, 2.05) is 0 Å². The number of hydrogen-bond acceptors (Lipinski definition) is 7. The van der Waals surface area contributed by atoms with Gasteiger partial charge < -0.3 is 9.64 Å². The minimum Gasteiger partial charge on any atom is -0.469 e. The van der Waals surface area contributed by atoms with Crippen LogP contribution in [0.3, 0.4) is 0 Å². The van der Waals surface area contributed by atoms with Crippen LogP contribution in [-0.2, 0) is 19.6 Å². The van der Waals surface area contributed by atoms with Gasteiger partial charge in [0.15, 0.2) is 5.13 Å². The number of carbonyl (C=O) groups excluding carboxylic acids is 2. The molecule has 0 spiro atoms. The van der Waals surface area contributed by atoms with E-state index in [4.69, 9.17) is 4.74 Å². The number of thiazole rings is 1. The minimum absolute atomic E-state index is 0.126. The Morgan fingerprint density at radius 3 is 2.46 bits per heavy atom. The van der Waals surface area contributed by atoms with E-state index >= 15 is 0 Å². The topological polar surface area (TPSA) is 106 Å². The molecule has 1 saturated heterocycles. The standard InChI is InChI=1S/C18H21N3O5S2/c1-12-15(16(22)21-10-8-13(9-11-21)17(23)26-2)27-18(19-12)20-28(24,25)14-6-4-3-5-7-14/h3-7,13H,8-11H2,1-2H3,(H,19,20). The average molecular weight is 424 g/mol. The molecule has 1 N–H and O–H groups in total. The van der Waals surface area contributed by atoms with Gasteiger partial charge in [0.2, 0.25) is 0 Å². The number of esters is 1. The van der Waals surface area contributed by atoms with Gasteiger partial charge in [-0.1, -0.05) is 29.5 Å². The van der Waals surface area contributed by atoms with Crippen molar-refractivity contribution in [2.24, 2.45) is 5.92 Å². The Hall–Kier alpha value is -2.46. The average Bonchev–Trinajstić information content (AvgIpc) is 3.06. The van der Waals surface area contributed by atoms with Gasteiger partial charge in [-0.3, -0.25) is 14.3 Å². The number of hydrogen-bond donors (Lipinski definition) is 1. The van der Waals surface area contributed by atoms with Crippen molar-refractivity contribution in [3.05, 3.63) is 40.9 Å². The van der Waals surface area contributed by atoms with Crippen molar-refractivity contribution in [2.75, 3.05) is 24.9 Å². The molecule has 0 aliphatic carbocycles. The number of aromatic nitrogens is 1. The Morgan fingerprint density at radius 1 is 1.21 bits per heavy atom. The van der Waals surface area contributed by atoms with Gasteiger partial charge in [0.05, 0.1) is 23.6 Å². The van der Waals surface area contributed by atoms with Crippen LogP contribution in [0, 0.1) is 12.8 Å². The number of nitrogens with one attached hydrogen (secondary N) is 1. The van der Waals surface area contributed by atoms with E-state index in [9.17, 15) is 18.0 Å². The van der Waals surface area contributed by atoms with E-state index < -0.39 is 10.0 Å². The van der Waals surface area contributed by atoms with Crippen molar-refractivity contribution in [3.8, 4) is 0 Å². The summed E-state index contributed by atoms with van der Waals surface area (Å²) < 4.78 is 32.1. The Morgan fingerprint density at radius 2 is 1.86 bits per heavy atom. The van der Waals surface area contributed by atoms with Crippen LogP contribution in [-0.4, -0.2) is 50.4 Å². The summed E-state index contributed by atoms with van der Waals surface area (Å²) in [6, 6.07) is 7.97. The molecule has 0 bridgehead atoms. The molecule has 1 aliphatic heterocycles. The van der Waals surface area contributed by atoms with Crippen LogP contribution in [0.1, 0.15) is 28.2 Å². The number of piperidine rings is 1. The summed E-state index contributed by atoms with van der Waals surface area (Å²) >= 11 is 1.01. The van der Waals surface area contributed by atoms with Crippen molar-refractivity contribution < 1.29 is 22.7 Å². The summed E-state index contributed by atoms with van der Waals surface area (Å²) in [5, 5.41) is 0.147. The second-order valence-corrected chi connectivity index (χ2v) is 9.12. The summed E-state index contributed by atoms with van der Waals surface area (Å²) in [5.41, 5.74) is 0.468. The van der Waals surface area contributed by atoms with Crippen LogP contribution in [0.4, 0.5) is 5.13 Å². The molecule has 1 aromatic carbocycles. The molecular formula is C18H21N3O5S2. The zero-order valence-electron chi connectivity index (χ0n) is 15.5. The van der Waals surface area contributed by atoms with Gasteiger partial charge in [-0.05, 0) is 31.9 Å². The molecule has 1 aromatic heterocycles. The van der Waals surface area contributed by atoms with Crippen molar-refractivity contribution in [1.29, 1.82) is 0 Å². The molecule has 0 saturated carbocycles. The van der Waals surface area contributed by atoms with Crippen LogP contribution >= 0.6 is 11.3 Å². The molecule has 10 heteroatoms. The van der Waals surface area contributed by atoms with E-state index in [1.54, 1.807) is 30.0 Å². The van der Waals surface area contributed by atoms with E-state index in [1.165, 1.54) is 19.2 Å². The zero-order chi connectivity index (χ0) is 20.3. The molecule has 1 fully saturated rings. The van der Waals surface area contributed by atoms with Gasteiger partial charge in [0.25, 0.3) is 15.9 Å². The highest BCUT2D eigenvalue weighted by atomic mass is 32.2. The number of benzene rings is 1. The number of carbonyl (C=O) groups is 2. The predicted molar refractivity (Wildman–Crippen MR) is 105 cm³/mol. The molecule has 8 nitrogen and oxygen atoms in total. The first-order valence-electron chi connectivity index (χ1n) is 8.74. The number of sulfonamides is 1. The summed E-state index contributed by atoms with van der Waals surface area (Å²) in [6.45, 7) is 2.56. The number of amides is 1. The minimum atomic E-state index is -3.77. The van der Waals surface area contributed by atoms with Gasteiger partial charge in [0, 0.05) is 13.1 Å². The van der Waals surface area contributed by atoms with Crippen LogP contribution < -0.4 is 4.72 Å². The van der Waals surface area contributed by atoms with Crippen molar-refractivity contribution in [2.45, 2.75) is 24.7 Å². The number of rotatable bonds is 5. The number of likely N-dealkylation sites (tertiary alicyclic amines) is 1. The largest absolute Gasteiger partial charge is 0.469 e. The zero-order valence-corrected chi connectivity index (χ0v) is 17.2. The fourth-order valence-electron chi connectivity index (χ4n) is 3.04.